The number of hydrogen-bond acceptors (Lipinski definition) is 5. The second kappa shape index (κ2) is 6.13. The fourth-order valence-corrected chi connectivity index (χ4v) is 1.49. The van der Waals surface area contributed by atoms with Crippen LogP contribution in [0.25, 0.3) is 0 Å². The number of ether oxygens (including phenoxy) is 1. The Kier molecular flexibility index (Phi) is 4.76. The van der Waals surface area contributed by atoms with Gasteiger partial charge in [-0.15, -0.1) is 11.3 Å². The van der Waals surface area contributed by atoms with Crippen LogP contribution < -0.4 is 5.32 Å². The van der Waals surface area contributed by atoms with Crippen LogP contribution in [-0.4, -0.2) is 30.0 Å². The molecule has 15 heavy (non-hydrogen) atoms. The zero-order valence-corrected chi connectivity index (χ0v) is 9.17. The number of carbonyl (C=O) groups excluding carboxylic acids is 2. The molecule has 0 aliphatic carbocycles. The van der Waals surface area contributed by atoms with Gasteiger partial charge in [-0.3, -0.25) is 9.59 Å². The van der Waals surface area contributed by atoms with Gasteiger partial charge in [0.25, 0.3) is 0 Å². The minimum Gasteiger partial charge on any atom is -0.465 e. The van der Waals surface area contributed by atoms with Crippen molar-refractivity contribution in [3.05, 3.63) is 16.6 Å². The number of nitrogens with zero attached hydrogens (tertiary/aromatic N) is 1. The lowest BCUT2D eigenvalue weighted by Crippen LogP contribution is -2.31. The third-order valence-electron chi connectivity index (χ3n) is 1.56. The summed E-state index contributed by atoms with van der Waals surface area (Å²) < 4.78 is 4.66. The molecule has 1 aromatic heterocycles. The van der Waals surface area contributed by atoms with Gasteiger partial charge in [-0.05, 0) is 6.92 Å². The molecule has 0 aliphatic rings. The van der Waals surface area contributed by atoms with Crippen LogP contribution in [0.5, 0.6) is 0 Å². The second-order valence-electron chi connectivity index (χ2n) is 2.74. The van der Waals surface area contributed by atoms with Crippen molar-refractivity contribution in [2.45, 2.75) is 13.3 Å². The Morgan fingerprint density at radius 3 is 3.00 bits per heavy atom. The Morgan fingerprint density at radius 2 is 2.40 bits per heavy atom. The summed E-state index contributed by atoms with van der Waals surface area (Å²) >= 11 is 1.43. The van der Waals surface area contributed by atoms with Crippen LogP contribution in [0.2, 0.25) is 0 Å². The molecule has 6 heteroatoms. The quantitative estimate of drug-likeness (QED) is 0.739. The first-order chi connectivity index (χ1) is 7.22. The van der Waals surface area contributed by atoms with Crippen molar-refractivity contribution in [1.82, 2.24) is 10.3 Å². The lowest BCUT2D eigenvalue weighted by atomic mass is 10.3. The highest BCUT2D eigenvalue weighted by atomic mass is 32.1. The molecule has 0 unspecified atom stereocenters. The van der Waals surface area contributed by atoms with E-state index in [-0.39, 0.29) is 18.9 Å². The molecule has 1 N–H and O–H groups in total. The Morgan fingerprint density at radius 1 is 1.60 bits per heavy atom. The summed E-state index contributed by atoms with van der Waals surface area (Å²) in [4.78, 5) is 26.1. The summed E-state index contributed by atoms with van der Waals surface area (Å²) in [6.45, 7) is 1.95. The molecule has 0 radical (unpaired) electrons. The molecule has 0 atom stereocenters. The van der Waals surface area contributed by atoms with Crippen LogP contribution in [0.4, 0.5) is 0 Å². The molecule has 0 bridgehead atoms. The zero-order valence-electron chi connectivity index (χ0n) is 8.36. The molecule has 1 aromatic rings. The maximum Gasteiger partial charge on any atom is 0.325 e. The van der Waals surface area contributed by atoms with E-state index >= 15 is 0 Å². The highest BCUT2D eigenvalue weighted by Gasteiger charge is 2.07. The van der Waals surface area contributed by atoms with E-state index in [9.17, 15) is 9.59 Å². The summed E-state index contributed by atoms with van der Waals surface area (Å²) in [6, 6.07) is 0. The number of thiazole rings is 1. The monoisotopic (exact) mass is 228 g/mol. The van der Waals surface area contributed by atoms with Crippen molar-refractivity contribution in [1.29, 1.82) is 0 Å². The van der Waals surface area contributed by atoms with Crippen LogP contribution >= 0.6 is 11.3 Å². The van der Waals surface area contributed by atoms with Crippen molar-refractivity contribution in [3.8, 4) is 0 Å². The van der Waals surface area contributed by atoms with E-state index in [4.69, 9.17) is 0 Å². The zero-order chi connectivity index (χ0) is 11.1. The maximum absolute atomic E-state index is 11.3. The fraction of sp³-hybridized carbons (Fsp3) is 0.444. The summed E-state index contributed by atoms with van der Waals surface area (Å²) in [5.41, 5.74) is 2.37. The van der Waals surface area contributed by atoms with E-state index in [0.29, 0.717) is 12.3 Å². The number of rotatable bonds is 5. The number of amides is 1. The van der Waals surface area contributed by atoms with Gasteiger partial charge < -0.3 is 10.1 Å². The molecule has 0 spiro atoms. The second-order valence-corrected chi connectivity index (χ2v) is 3.46. The Hall–Kier alpha value is -1.43. The van der Waals surface area contributed by atoms with Crippen molar-refractivity contribution >= 4 is 23.2 Å². The minimum absolute atomic E-state index is 0.0865. The van der Waals surface area contributed by atoms with E-state index in [1.807, 2.05) is 0 Å². The molecule has 0 fully saturated rings. The van der Waals surface area contributed by atoms with Crippen LogP contribution in [0.15, 0.2) is 10.9 Å². The molecule has 0 aliphatic heterocycles. The van der Waals surface area contributed by atoms with Gasteiger partial charge in [0.2, 0.25) is 5.91 Å². The molecule has 1 heterocycles. The molecule has 0 aromatic carbocycles. The van der Waals surface area contributed by atoms with Crippen molar-refractivity contribution < 1.29 is 14.3 Å². The van der Waals surface area contributed by atoms with Gasteiger partial charge in [-0.2, -0.15) is 0 Å². The average Bonchev–Trinajstić information content (AvgIpc) is 2.68. The number of aromatic nitrogens is 1. The van der Waals surface area contributed by atoms with Crippen LogP contribution in [-0.2, 0) is 20.7 Å². The fourth-order valence-electron chi connectivity index (χ4n) is 0.935. The SMILES string of the molecule is CCOC(=O)CNC(=O)Cc1cscn1. The van der Waals surface area contributed by atoms with E-state index in [2.05, 4.69) is 15.0 Å². The first-order valence-electron chi connectivity index (χ1n) is 4.51. The molecule has 0 saturated carbocycles. The summed E-state index contributed by atoms with van der Waals surface area (Å²) in [6.07, 6.45) is 0.197. The molecule has 1 rings (SSSR count). The van der Waals surface area contributed by atoms with Crippen molar-refractivity contribution in [2.24, 2.45) is 0 Å². The van der Waals surface area contributed by atoms with Crippen LogP contribution in [0.1, 0.15) is 12.6 Å². The van der Waals surface area contributed by atoms with Crippen molar-refractivity contribution in [3.63, 3.8) is 0 Å². The normalized spacial score (nSPS) is 9.67. The molecule has 5 nitrogen and oxygen atoms in total. The summed E-state index contributed by atoms with van der Waals surface area (Å²) in [5, 5.41) is 4.25. The van der Waals surface area contributed by atoms with E-state index in [1.54, 1.807) is 17.8 Å². The first kappa shape index (κ1) is 11.6. The summed E-state index contributed by atoms with van der Waals surface area (Å²) in [7, 11) is 0. The molecular weight excluding hydrogens is 216 g/mol. The predicted octanol–water partition coefficient (Wildman–Crippen LogP) is 0.365. The van der Waals surface area contributed by atoms with E-state index in [0.717, 1.165) is 0 Å². The highest BCUT2D eigenvalue weighted by molar-refractivity contribution is 7.07. The van der Waals surface area contributed by atoms with Gasteiger partial charge in [-0.25, -0.2) is 4.98 Å². The largest absolute Gasteiger partial charge is 0.465 e. The standard InChI is InChI=1S/C9H12N2O3S/c1-2-14-9(13)4-10-8(12)3-7-5-15-6-11-7/h5-6H,2-4H2,1H3,(H,10,12). The average molecular weight is 228 g/mol. The minimum atomic E-state index is -0.427. The van der Waals surface area contributed by atoms with Crippen LogP contribution in [0, 0.1) is 0 Å². The van der Waals surface area contributed by atoms with E-state index < -0.39 is 5.97 Å². The topological polar surface area (TPSA) is 68.3 Å². The number of carbonyl (C=O) groups is 2. The molecule has 0 saturated heterocycles. The molecule has 82 valence electrons. The first-order valence-corrected chi connectivity index (χ1v) is 5.46. The Bertz CT molecular complexity index is 324. The Balaban J connectivity index is 2.22. The van der Waals surface area contributed by atoms with Gasteiger partial charge in [0.05, 0.1) is 24.2 Å². The number of hydrogen-bond donors (Lipinski definition) is 1. The van der Waals surface area contributed by atoms with Gasteiger partial charge >= 0.3 is 5.97 Å². The third-order valence-corrected chi connectivity index (χ3v) is 2.20. The van der Waals surface area contributed by atoms with Crippen molar-refractivity contribution in [2.75, 3.05) is 13.2 Å². The molecule has 1 amide bonds. The number of nitrogens with one attached hydrogen (secondary N) is 1. The molecular formula is C9H12N2O3S. The third kappa shape index (κ3) is 4.55. The lowest BCUT2D eigenvalue weighted by Gasteiger charge is -2.03. The Labute approximate surface area is 91.5 Å². The van der Waals surface area contributed by atoms with Gasteiger partial charge in [0.15, 0.2) is 0 Å². The predicted molar refractivity (Wildman–Crippen MR) is 55.5 cm³/mol. The van der Waals surface area contributed by atoms with Gasteiger partial charge in [0, 0.05) is 5.38 Å². The number of esters is 1. The smallest absolute Gasteiger partial charge is 0.325 e. The lowest BCUT2D eigenvalue weighted by molar-refractivity contribution is -0.143. The summed E-state index contributed by atoms with van der Waals surface area (Å²) in [5.74, 6) is -0.655. The van der Waals surface area contributed by atoms with Gasteiger partial charge in [0.1, 0.15) is 6.54 Å². The van der Waals surface area contributed by atoms with E-state index in [1.165, 1.54) is 11.3 Å². The highest BCUT2D eigenvalue weighted by Crippen LogP contribution is 2.00. The van der Waals surface area contributed by atoms with Crippen LogP contribution in [0.3, 0.4) is 0 Å². The van der Waals surface area contributed by atoms with Gasteiger partial charge in [-0.1, -0.05) is 0 Å². The maximum atomic E-state index is 11.3.